The second kappa shape index (κ2) is 4.33. The Labute approximate surface area is 100 Å². The Kier molecular flexibility index (Phi) is 2.99. The second-order valence-corrected chi connectivity index (χ2v) is 6.87. The van der Waals surface area contributed by atoms with Crippen molar-refractivity contribution in [2.75, 3.05) is 13.1 Å². The lowest BCUT2D eigenvalue weighted by Crippen LogP contribution is -2.46. The molecule has 0 atom stereocenters. The summed E-state index contributed by atoms with van der Waals surface area (Å²) in [4.78, 5) is 0. The van der Waals surface area contributed by atoms with Crippen LogP contribution in [0.1, 0.15) is 58.3 Å². The first-order valence-electron chi connectivity index (χ1n) is 7.50. The van der Waals surface area contributed by atoms with Gasteiger partial charge in [0.15, 0.2) is 0 Å². The Morgan fingerprint density at radius 3 is 2.06 bits per heavy atom. The van der Waals surface area contributed by atoms with Gasteiger partial charge in [-0.1, -0.05) is 6.92 Å². The molecule has 0 aromatic rings. The molecule has 0 amide bonds. The van der Waals surface area contributed by atoms with Crippen molar-refractivity contribution in [1.29, 1.82) is 0 Å². The average molecular weight is 221 g/mol. The standard InChI is InChI=1S/C15H27N/c1-2-16-5-3-4-15-9-12-6-13(10-15)8-14(7-12)11-15/h12-14,16H,2-11H2,1H3. The normalized spacial score (nSPS) is 45.2. The van der Waals surface area contributed by atoms with E-state index in [4.69, 9.17) is 0 Å². The highest BCUT2D eigenvalue weighted by Crippen LogP contribution is 2.61. The minimum Gasteiger partial charge on any atom is -0.317 e. The molecule has 0 aromatic heterocycles. The van der Waals surface area contributed by atoms with Crippen LogP contribution in [-0.4, -0.2) is 13.1 Å². The fraction of sp³-hybridized carbons (Fsp3) is 1.00. The molecular formula is C15H27N. The van der Waals surface area contributed by atoms with Crippen LogP contribution in [0.4, 0.5) is 0 Å². The van der Waals surface area contributed by atoms with E-state index in [1.54, 1.807) is 38.5 Å². The zero-order valence-electron chi connectivity index (χ0n) is 10.8. The molecule has 0 radical (unpaired) electrons. The molecule has 92 valence electrons. The number of hydrogen-bond donors (Lipinski definition) is 1. The van der Waals surface area contributed by atoms with Crippen LogP contribution >= 0.6 is 0 Å². The third-order valence-corrected chi connectivity index (χ3v) is 5.48. The first-order chi connectivity index (χ1) is 7.80. The number of hydrogen-bond acceptors (Lipinski definition) is 1. The summed E-state index contributed by atoms with van der Waals surface area (Å²) in [6, 6.07) is 0. The number of nitrogens with one attached hydrogen (secondary N) is 1. The molecule has 4 aliphatic carbocycles. The highest BCUT2D eigenvalue weighted by Gasteiger charge is 2.50. The van der Waals surface area contributed by atoms with Crippen LogP contribution in [0.2, 0.25) is 0 Å². The monoisotopic (exact) mass is 221 g/mol. The van der Waals surface area contributed by atoms with Gasteiger partial charge in [0, 0.05) is 0 Å². The SMILES string of the molecule is CCNCCCC12CC3CC(CC(C3)C1)C2. The molecule has 0 aliphatic heterocycles. The summed E-state index contributed by atoms with van der Waals surface area (Å²) in [6.45, 7) is 4.60. The quantitative estimate of drug-likeness (QED) is 0.700. The van der Waals surface area contributed by atoms with Gasteiger partial charge in [-0.25, -0.2) is 0 Å². The van der Waals surface area contributed by atoms with Crippen molar-refractivity contribution in [3.63, 3.8) is 0 Å². The third kappa shape index (κ3) is 2.03. The average Bonchev–Trinajstić information content (AvgIpc) is 2.22. The molecule has 4 rings (SSSR count). The largest absolute Gasteiger partial charge is 0.317 e. The van der Waals surface area contributed by atoms with Crippen LogP contribution in [0, 0.1) is 23.2 Å². The van der Waals surface area contributed by atoms with E-state index in [0.717, 1.165) is 29.7 Å². The minimum absolute atomic E-state index is 0.810. The first-order valence-corrected chi connectivity index (χ1v) is 7.50. The molecule has 1 heteroatoms. The number of rotatable bonds is 5. The molecule has 4 aliphatic rings. The smallest absolute Gasteiger partial charge is 0.00488 e. The van der Waals surface area contributed by atoms with Crippen molar-refractivity contribution >= 4 is 0 Å². The fourth-order valence-electron chi connectivity index (χ4n) is 5.36. The maximum absolute atomic E-state index is 3.48. The van der Waals surface area contributed by atoms with Crippen molar-refractivity contribution in [1.82, 2.24) is 5.32 Å². The molecule has 1 nitrogen and oxygen atoms in total. The van der Waals surface area contributed by atoms with Crippen LogP contribution in [0.5, 0.6) is 0 Å². The predicted octanol–water partition coefficient (Wildman–Crippen LogP) is 3.59. The molecule has 4 bridgehead atoms. The Bertz CT molecular complexity index is 211. The summed E-state index contributed by atoms with van der Waals surface area (Å²) in [6.07, 6.45) is 12.5. The molecule has 4 saturated carbocycles. The summed E-state index contributed by atoms with van der Waals surface area (Å²) in [5, 5.41) is 3.48. The van der Waals surface area contributed by atoms with Crippen molar-refractivity contribution in [2.45, 2.75) is 58.3 Å². The van der Waals surface area contributed by atoms with Gasteiger partial charge in [-0.3, -0.25) is 0 Å². The predicted molar refractivity (Wildman–Crippen MR) is 68.4 cm³/mol. The van der Waals surface area contributed by atoms with Crippen molar-refractivity contribution in [3.05, 3.63) is 0 Å². The van der Waals surface area contributed by atoms with Gasteiger partial charge in [0.25, 0.3) is 0 Å². The fourth-order valence-corrected chi connectivity index (χ4v) is 5.36. The van der Waals surface area contributed by atoms with E-state index in [9.17, 15) is 0 Å². The van der Waals surface area contributed by atoms with Gasteiger partial charge in [-0.15, -0.1) is 0 Å². The molecule has 0 heterocycles. The van der Waals surface area contributed by atoms with Gasteiger partial charge in [-0.05, 0) is 87.6 Å². The highest BCUT2D eigenvalue weighted by atomic mass is 14.8. The van der Waals surface area contributed by atoms with E-state index in [0.29, 0.717) is 0 Å². The highest BCUT2D eigenvalue weighted by molar-refractivity contribution is 5.01. The van der Waals surface area contributed by atoms with Crippen LogP contribution < -0.4 is 5.32 Å². The van der Waals surface area contributed by atoms with Gasteiger partial charge in [-0.2, -0.15) is 0 Å². The lowest BCUT2D eigenvalue weighted by Gasteiger charge is -2.57. The van der Waals surface area contributed by atoms with Gasteiger partial charge < -0.3 is 5.32 Å². The first kappa shape index (κ1) is 11.1. The minimum atomic E-state index is 0.810. The van der Waals surface area contributed by atoms with Crippen LogP contribution in [0.15, 0.2) is 0 Å². The molecule has 0 unspecified atom stereocenters. The summed E-state index contributed by atoms with van der Waals surface area (Å²) in [5.74, 6) is 3.39. The summed E-state index contributed by atoms with van der Waals surface area (Å²) in [7, 11) is 0. The topological polar surface area (TPSA) is 12.0 Å². The lowest BCUT2D eigenvalue weighted by atomic mass is 9.48. The van der Waals surface area contributed by atoms with E-state index in [1.165, 1.54) is 19.4 Å². The maximum Gasteiger partial charge on any atom is -0.00488 e. The zero-order valence-corrected chi connectivity index (χ0v) is 10.8. The van der Waals surface area contributed by atoms with E-state index >= 15 is 0 Å². The molecular weight excluding hydrogens is 194 g/mol. The van der Waals surface area contributed by atoms with Gasteiger partial charge in [0.1, 0.15) is 0 Å². The van der Waals surface area contributed by atoms with E-state index in [1.807, 2.05) is 0 Å². The Balaban J connectivity index is 1.56. The molecule has 0 spiro atoms. The van der Waals surface area contributed by atoms with Crippen molar-refractivity contribution < 1.29 is 0 Å². The molecule has 0 saturated heterocycles. The van der Waals surface area contributed by atoms with Crippen LogP contribution in [0.25, 0.3) is 0 Å². The molecule has 1 N–H and O–H groups in total. The van der Waals surface area contributed by atoms with E-state index in [-0.39, 0.29) is 0 Å². The van der Waals surface area contributed by atoms with Crippen molar-refractivity contribution in [3.8, 4) is 0 Å². The van der Waals surface area contributed by atoms with Gasteiger partial charge in [0.05, 0.1) is 0 Å². The van der Waals surface area contributed by atoms with Crippen LogP contribution in [0.3, 0.4) is 0 Å². The summed E-state index contributed by atoms with van der Waals surface area (Å²) >= 11 is 0. The molecule has 4 fully saturated rings. The summed E-state index contributed by atoms with van der Waals surface area (Å²) in [5.41, 5.74) is 0.810. The van der Waals surface area contributed by atoms with Crippen molar-refractivity contribution in [2.24, 2.45) is 23.2 Å². The molecule has 0 aromatic carbocycles. The lowest BCUT2D eigenvalue weighted by molar-refractivity contribution is -0.0579. The Morgan fingerprint density at radius 1 is 1.00 bits per heavy atom. The maximum atomic E-state index is 3.48. The third-order valence-electron chi connectivity index (χ3n) is 5.48. The van der Waals surface area contributed by atoms with Gasteiger partial charge >= 0.3 is 0 Å². The van der Waals surface area contributed by atoms with E-state index < -0.39 is 0 Å². The van der Waals surface area contributed by atoms with Crippen LogP contribution in [-0.2, 0) is 0 Å². The summed E-state index contributed by atoms with van der Waals surface area (Å²) < 4.78 is 0. The van der Waals surface area contributed by atoms with Gasteiger partial charge in [0.2, 0.25) is 0 Å². The Morgan fingerprint density at radius 2 is 1.56 bits per heavy atom. The van der Waals surface area contributed by atoms with E-state index in [2.05, 4.69) is 12.2 Å². The Hall–Kier alpha value is -0.0400. The second-order valence-electron chi connectivity index (χ2n) is 6.87. The zero-order chi connectivity index (χ0) is 11.0. The molecule has 16 heavy (non-hydrogen) atoms.